The van der Waals surface area contributed by atoms with Gasteiger partial charge in [0.25, 0.3) is 5.91 Å². The smallest absolute Gasteiger partial charge is 0.325 e. The summed E-state index contributed by atoms with van der Waals surface area (Å²) in [6, 6.07) is 9.50. The van der Waals surface area contributed by atoms with Crippen molar-refractivity contribution in [3.8, 4) is 0 Å². The van der Waals surface area contributed by atoms with Crippen molar-refractivity contribution in [1.82, 2.24) is 25.0 Å². The summed E-state index contributed by atoms with van der Waals surface area (Å²) < 4.78 is 1.03. The molecule has 3 aliphatic heterocycles. The first kappa shape index (κ1) is 22.0. The molecule has 174 valence electrons. The molecule has 11 heteroatoms. The average Bonchev–Trinajstić information content (AvgIpc) is 3.42. The summed E-state index contributed by atoms with van der Waals surface area (Å²) in [5.74, 6) is 1.31. The molecule has 1 N–H and O–H groups in total. The Balaban J connectivity index is 1.31. The number of rotatable bonds is 5. The number of benzene rings is 1. The molecule has 3 aliphatic rings. The van der Waals surface area contributed by atoms with Crippen LogP contribution in [0.2, 0.25) is 0 Å². The summed E-state index contributed by atoms with van der Waals surface area (Å²) >= 11 is 3.33. The number of aromatic nitrogens is 1. The number of hydrogen-bond donors (Lipinski definition) is 1. The second-order valence-corrected chi connectivity index (χ2v) is 10.5. The maximum atomic E-state index is 12.8. The highest BCUT2D eigenvalue weighted by Crippen LogP contribution is 2.28. The van der Waals surface area contributed by atoms with Gasteiger partial charge in [0, 0.05) is 62.3 Å². The lowest BCUT2D eigenvalue weighted by Gasteiger charge is -2.41. The van der Waals surface area contributed by atoms with Crippen LogP contribution in [0.25, 0.3) is 0 Å². The van der Waals surface area contributed by atoms with Crippen LogP contribution in [0.3, 0.4) is 0 Å². The highest BCUT2D eigenvalue weighted by Gasteiger charge is 2.49. The molecule has 33 heavy (non-hydrogen) atoms. The molecule has 2 saturated heterocycles. The quantitative estimate of drug-likeness (QED) is 0.648. The molecule has 0 spiro atoms. The molecule has 0 saturated carbocycles. The Bertz CT molecular complexity index is 1050. The lowest BCUT2D eigenvalue weighted by molar-refractivity contribution is -0.127. The number of likely N-dealkylation sites (N-methyl/N-ethyl adjacent to an activating group) is 1. The van der Waals surface area contributed by atoms with Gasteiger partial charge in [-0.05, 0) is 19.1 Å². The van der Waals surface area contributed by atoms with Gasteiger partial charge in [-0.1, -0.05) is 30.0 Å². The number of thiazole rings is 1. The molecule has 1 aromatic heterocycles. The Morgan fingerprint density at radius 3 is 2.55 bits per heavy atom. The summed E-state index contributed by atoms with van der Waals surface area (Å²) in [6.45, 7) is 6.01. The molecular formula is C22H27N7O2S2. The number of imide groups is 1. The van der Waals surface area contributed by atoms with Crippen LogP contribution in [0.5, 0.6) is 0 Å². The van der Waals surface area contributed by atoms with E-state index in [1.807, 2.05) is 18.4 Å². The van der Waals surface area contributed by atoms with Gasteiger partial charge in [0.05, 0.1) is 0 Å². The Hall–Kier alpha value is -2.79. The second-order valence-electron chi connectivity index (χ2n) is 8.30. The number of amides is 3. The number of carbonyl (C=O) groups is 2. The van der Waals surface area contributed by atoms with Gasteiger partial charge < -0.3 is 19.6 Å². The average molecular weight is 486 g/mol. The number of urea groups is 1. The van der Waals surface area contributed by atoms with Crippen molar-refractivity contribution in [3.05, 3.63) is 41.4 Å². The van der Waals surface area contributed by atoms with E-state index in [2.05, 4.69) is 49.3 Å². The number of guanidine groups is 1. The lowest BCUT2D eigenvalue weighted by Crippen LogP contribution is -2.64. The number of nitrogens with one attached hydrogen (secondary N) is 1. The molecule has 2 aromatic rings. The number of carbonyl (C=O) groups excluding carboxylic acids is 2. The van der Waals surface area contributed by atoms with Crippen molar-refractivity contribution in [2.45, 2.75) is 23.5 Å². The molecule has 4 heterocycles. The predicted octanol–water partition coefficient (Wildman–Crippen LogP) is 1.91. The molecule has 2 unspecified atom stereocenters. The SMILES string of the molecule is Cc1csc(SCCN2C(N3CCN(c4ccccc4)CC3)=NC3C2C(=O)NC(=O)N3C)n1. The summed E-state index contributed by atoms with van der Waals surface area (Å²) in [5.41, 5.74) is 2.24. The Morgan fingerprint density at radius 1 is 1.12 bits per heavy atom. The van der Waals surface area contributed by atoms with Crippen molar-refractivity contribution in [2.24, 2.45) is 4.99 Å². The van der Waals surface area contributed by atoms with Gasteiger partial charge in [0.15, 0.2) is 18.2 Å². The van der Waals surface area contributed by atoms with Crippen LogP contribution >= 0.6 is 23.1 Å². The maximum Gasteiger partial charge on any atom is 0.325 e. The first-order chi connectivity index (χ1) is 16.0. The Kier molecular flexibility index (Phi) is 6.15. The standard InChI is InChI=1S/C22H27N7O2S2/c1-15-14-33-22(23-15)32-13-12-29-17-18(26(2)21(31)25-19(17)30)24-20(29)28-10-8-27(9-11-28)16-6-4-3-5-7-16/h3-7,14,17-18H,8-13H2,1-2H3,(H,25,30,31). The van der Waals surface area contributed by atoms with E-state index in [0.29, 0.717) is 6.54 Å². The predicted molar refractivity (Wildman–Crippen MR) is 131 cm³/mol. The number of aliphatic imine (C=N–C) groups is 1. The normalized spacial score (nSPS) is 23.0. The highest BCUT2D eigenvalue weighted by atomic mass is 32.2. The summed E-state index contributed by atoms with van der Waals surface area (Å²) in [4.78, 5) is 42.7. The van der Waals surface area contributed by atoms with E-state index in [4.69, 9.17) is 4.99 Å². The third-order valence-electron chi connectivity index (χ3n) is 6.18. The maximum absolute atomic E-state index is 12.8. The first-order valence-electron chi connectivity index (χ1n) is 11.0. The zero-order valence-corrected chi connectivity index (χ0v) is 20.3. The Morgan fingerprint density at radius 2 is 1.85 bits per heavy atom. The van der Waals surface area contributed by atoms with Crippen LogP contribution in [0.15, 0.2) is 45.0 Å². The first-order valence-corrected chi connectivity index (χ1v) is 12.9. The molecule has 2 fully saturated rings. The molecule has 1 aromatic carbocycles. The molecule has 5 rings (SSSR count). The van der Waals surface area contributed by atoms with E-state index < -0.39 is 18.2 Å². The van der Waals surface area contributed by atoms with Crippen molar-refractivity contribution >= 4 is 46.7 Å². The third-order valence-corrected chi connectivity index (χ3v) is 8.30. The molecule has 0 bridgehead atoms. The van der Waals surface area contributed by atoms with E-state index in [0.717, 1.165) is 47.9 Å². The molecule has 9 nitrogen and oxygen atoms in total. The van der Waals surface area contributed by atoms with Crippen molar-refractivity contribution in [1.29, 1.82) is 0 Å². The van der Waals surface area contributed by atoms with Crippen LogP contribution < -0.4 is 10.2 Å². The topological polar surface area (TPSA) is 84.4 Å². The number of para-hydroxylation sites is 1. The van der Waals surface area contributed by atoms with Crippen molar-refractivity contribution < 1.29 is 9.59 Å². The zero-order valence-electron chi connectivity index (χ0n) is 18.7. The number of fused-ring (bicyclic) bond motifs is 1. The Labute approximate surface area is 201 Å². The monoisotopic (exact) mass is 485 g/mol. The fourth-order valence-electron chi connectivity index (χ4n) is 4.45. The number of aryl methyl sites for hydroxylation is 1. The van der Waals surface area contributed by atoms with Gasteiger partial charge in [-0.3, -0.25) is 10.1 Å². The van der Waals surface area contributed by atoms with Crippen molar-refractivity contribution in [2.75, 3.05) is 50.4 Å². The number of thioether (sulfide) groups is 1. The largest absolute Gasteiger partial charge is 0.368 e. The minimum Gasteiger partial charge on any atom is -0.368 e. The van der Waals surface area contributed by atoms with Crippen molar-refractivity contribution in [3.63, 3.8) is 0 Å². The van der Waals surface area contributed by atoms with E-state index in [1.165, 1.54) is 10.6 Å². The fourth-order valence-corrected chi connectivity index (χ4v) is 6.31. The van der Waals surface area contributed by atoms with Crippen LogP contribution in [0.4, 0.5) is 10.5 Å². The van der Waals surface area contributed by atoms with E-state index in [1.54, 1.807) is 30.1 Å². The van der Waals surface area contributed by atoms with Gasteiger partial charge in [0.1, 0.15) is 4.34 Å². The minimum absolute atomic E-state index is 0.278. The van der Waals surface area contributed by atoms with Gasteiger partial charge in [-0.2, -0.15) is 0 Å². The van der Waals surface area contributed by atoms with E-state index >= 15 is 0 Å². The van der Waals surface area contributed by atoms with Gasteiger partial charge in [-0.15, -0.1) is 11.3 Å². The van der Waals surface area contributed by atoms with Crippen LogP contribution in [-0.4, -0.2) is 95.3 Å². The van der Waals surface area contributed by atoms with Gasteiger partial charge in [0.2, 0.25) is 0 Å². The number of piperazine rings is 1. The number of anilines is 1. The molecule has 0 aliphatic carbocycles. The van der Waals surface area contributed by atoms with Crippen LogP contribution in [-0.2, 0) is 4.79 Å². The van der Waals surface area contributed by atoms with Gasteiger partial charge in [-0.25, -0.2) is 14.8 Å². The number of nitrogens with zero attached hydrogens (tertiary/aromatic N) is 6. The van der Waals surface area contributed by atoms with E-state index in [-0.39, 0.29) is 5.91 Å². The van der Waals surface area contributed by atoms with Crippen LogP contribution in [0.1, 0.15) is 5.69 Å². The summed E-state index contributed by atoms with van der Waals surface area (Å²) in [5, 5.41) is 4.53. The van der Waals surface area contributed by atoms with Gasteiger partial charge >= 0.3 is 6.03 Å². The molecular weight excluding hydrogens is 458 g/mol. The molecule has 3 amide bonds. The third kappa shape index (κ3) is 4.39. The minimum atomic E-state index is -0.506. The molecule has 0 radical (unpaired) electrons. The number of hydrogen-bond acceptors (Lipinski definition) is 9. The summed E-state index contributed by atoms with van der Waals surface area (Å²) in [6.07, 6.45) is -0.500. The highest BCUT2D eigenvalue weighted by molar-refractivity contribution is 8.01. The molecule has 2 atom stereocenters. The second kappa shape index (κ2) is 9.22. The van der Waals surface area contributed by atoms with Crippen LogP contribution in [0, 0.1) is 6.92 Å². The zero-order chi connectivity index (χ0) is 22.9. The lowest BCUT2D eigenvalue weighted by atomic mass is 10.1. The summed E-state index contributed by atoms with van der Waals surface area (Å²) in [7, 11) is 1.70. The van der Waals surface area contributed by atoms with E-state index in [9.17, 15) is 9.59 Å². The fraction of sp³-hybridized carbons (Fsp3) is 0.455.